The van der Waals surface area contributed by atoms with Crippen molar-refractivity contribution in [2.45, 2.75) is 114 Å². The molecule has 5 aromatic carbocycles. The van der Waals surface area contributed by atoms with Gasteiger partial charge in [-0.15, -0.1) is 126 Å². The molecule has 0 aliphatic carbocycles. The molecule has 14 nitrogen and oxygen atoms in total. The minimum absolute atomic E-state index is 0. The summed E-state index contributed by atoms with van der Waals surface area (Å²) < 4.78 is 284. The van der Waals surface area contributed by atoms with E-state index in [0.29, 0.717) is 55.1 Å². The fourth-order valence-corrected chi connectivity index (χ4v) is 9.39. The second-order valence-electron chi connectivity index (χ2n) is 21.8. The van der Waals surface area contributed by atoms with Gasteiger partial charge in [-0.2, -0.15) is 21.6 Å². The van der Waals surface area contributed by atoms with Crippen molar-refractivity contribution in [3.63, 3.8) is 0 Å². The SMILES string of the molecule is CO.CO.Cc1cnc(-c2[c-]cccc2)cc1C.O=S(=O)(O)C(F)(F)F.[2H]C([2H])([2H])c1ccc2c(n1)oc1c(-c3cc(C([2H])([2H])[2H])c(C([2H])(C)C([2H])([2H])[2H])cn3)[c-]ccc12.[2H]C([2H])([2H])c1ccc2c(n1)oc1c(-c3cc(C)c(C([2H])(C([2H])([2H])[2H])C([2H])([2H])[2H])cn3)cccc12.[2H]C([2H])([2H])c1cnc(-c2[c-]cccc2)cc1C.[2H]C([2H])([2H])c1cnc(-c2[c-]cccc2)cc1C.[2H]CF.[Ir].[Ir]. The molecule has 0 saturated heterocycles. The van der Waals surface area contributed by atoms with Crippen LogP contribution in [0.15, 0.2) is 198 Å². The number of aromatic nitrogens is 7. The number of halogens is 4. The van der Waals surface area contributed by atoms with Gasteiger partial charge in [0.1, 0.15) is 5.58 Å². The maximum absolute atomic E-state index is 10.7. The van der Waals surface area contributed by atoms with Gasteiger partial charge in [-0.05, 0) is 173 Å². The first-order chi connectivity index (χ1) is 60.5. The van der Waals surface area contributed by atoms with Crippen LogP contribution in [0, 0.1) is 93.1 Å². The maximum atomic E-state index is 10.7. The van der Waals surface area contributed by atoms with Gasteiger partial charge in [0.25, 0.3) is 0 Å². The number of aliphatic hydroxyl groups excluding tert-OH is 2. The number of furan rings is 2. The number of pyridine rings is 7. The van der Waals surface area contributed by atoms with Crippen LogP contribution in [-0.4, -0.2) is 85.0 Å². The molecule has 21 heteroatoms. The molecule has 1 unspecified atom stereocenters. The third kappa shape index (κ3) is 23.8. The van der Waals surface area contributed by atoms with E-state index < -0.39 is 89.4 Å². The van der Waals surface area contributed by atoms with Gasteiger partial charge in [0.2, 0.25) is 11.4 Å². The molecular weight excluding hydrogens is 1720 g/mol. The van der Waals surface area contributed by atoms with E-state index in [1.807, 2.05) is 79.0 Å². The molecule has 0 amide bonds. The van der Waals surface area contributed by atoms with Crippen LogP contribution in [0.4, 0.5) is 17.6 Å². The van der Waals surface area contributed by atoms with Crippen molar-refractivity contribution in [2.24, 2.45) is 0 Å². The zero-order chi connectivity index (χ0) is 99.1. The molecule has 9 heterocycles. The van der Waals surface area contributed by atoms with Crippen molar-refractivity contribution in [1.82, 2.24) is 34.9 Å². The van der Waals surface area contributed by atoms with Crippen LogP contribution in [0.25, 0.3) is 100 Å². The molecule has 0 aliphatic heterocycles. The van der Waals surface area contributed by atoms with Gasteiger partial charge in [0.15, 0.2) is 0 Å². The monoisotopic (exact) mass is 1840 g/mol. The summed E-state index contributed by atoms with van der Waals surface area (Å²) in [6.45, 7) is -10.3. The van der Waals surface area contributed by atoms with Crippen LogP contribution < -0.4 is 0 Å². The Bertz CT molecular complexity index is 6220. The molecule has 14 aromatic rings. The molecule has 0 spiro atoms. The van der Waals surface area contributed by atoms with Crippen LogP contribution in [-0.2, 0) is 50.3 Å². The Balaban J connectivity index is 0.000000346. The van der Waals surface area contributed by atoms with Crippen molar-refractivity contribution < 1.29 is 127 Å². The Morgan fingerprint density at radius 3 is 1.26 bits per heavy atom. The van der Waals surface area contributed by atoms with Gasteiger partial charge < -0.3 is 39.0 Å². The molecule has 106 heavy (non-hydrogen) atoms. The van der Waals surface area contributed by atoms with Crippen LogP contribution in [0.3, 0.4) is 0 Å². The molecule has 0 aliphatic rings. The number of para-hydroxylation sites is 1. The number of aryl methyl sites for hydroxylation is 10. The molecule has 0 fully saturated rings. The quantitative estimate of drug-likeness (QED) is 0.0587. The van der Waals surface area contributed by atoms with Crippen LogP contribution in [0.2, 0.25) is 0 Å². The second kappa shape index (κ2) is 42.1. The zero-order valence-electron chi connectivity index (χ0n) is 84.8. The Labute approximate surface area is 684 Å². The van der Waals surface area contributed by atoms with E-state index >= 15 is 0 Å². The van der Waals surface area contributed by atoms with Crippen molar-refractivity contribution >= 4 is 54.3 Å². The zero-order valence-corrected chi connectivity index (χ0v) is 63.4. The van der Waals surface area contributed by atoms with Crippen LogP contribution in [0.5, 0.6) is 0 Å². The first kappa shape index (κ1) is 55.1. The summed E-state index contributed by atoms with van der Waals surface area (Å²) in [5.41, 5.74) is 5.88. The van der Waals surface area contributed by atoms with E-state index in [4.69, 9.17) is 69.0 Å². The van der Waals surface area contributed by atoms with Gasteiger partial charge in [-0.1, -0.05) is 97.1 Å². The van der Waals surface area contributed by atoms with E-state index in [0.717, 1.165) is 78.4 Å². The average molecular weight is 1840 g/mol. The van der Waals surface area contributed by atoms with Gasteiger partial charge in [-0.25, -0.2) is 9.97 Å². The Morgan fingerprint density at radius 2 is 0.858 bits per heavy atom. The predicted molar refractivity (Wildman–Crippen MR) is 410 cm³/mol. The van der Waals surface area contributed by atoms with Crippen LogP contribution in [0.1, 0.15) is 143 Å². The fourth-order valence-electron chi connectivity index (χ4n) is 9.39. The smallest absolute Gasteiger partial charge is 0.486 e. The van der Waals surface area contributed by atoms with Gasteiger partial charge in [0.05, 0.1) is 19.8 Å². The number of fused-ring (bicyclic) bond motifs is 6. The van der Waals surface area contributed by atoms with E-state index in [1.54, 1.807) is 68.4 Å². The summed E-state index contributed by atoms with van der Waals surface area (Å²) in [7, 11) is -4.84. The van der Waals surface area contributed by atoms with Gasteiger partial charge in [-0.3, -0.25) is 13.9 Å². The molecule has 2 radical (unpaired) electrons. The molecule has 0 saturated carbocycles. The molecule has 3 N–H and O–H groups in total. The summed E-state index contributed by atoms with van der Waals surface area (Å²) in [6.07, 6.45) is 6.97. The largest absolute Gasteiger partial charge is 0.522 e. The molecular formula is C85H87F4Ir2N7O7S-4. The number of nitrogens with zero attached hydrogens (tertiary/aromatic N) is 7. The summed E-state index contributed by atoms with van der Waals surface area (Å²) in [5, 5.41) is 16.5. The van der Waals surface area contributed by atoms with E-state index in [1.165, 1.54) is 54.7 Å². The van der Waals surface area contributed by atoms with E-state index in [-0.39, 0.29) is 96.6 Å². The molecule has 560 valence electrons. The number of hydrogen-bond acceptors (Lipinski definition) is 13. The summed E-state index contributed by atoms with van der Waals surface area (Å²) in [6, 6.07) is 58.2. The number of aliphatic hydroxyl groups is 2. The maximum Gasteiger partial charge on any atom is 0.522 e. The molecule has 9 aromatic heterocycles. The van der Waals surface area contributed by atoms with Crippen molar-refractivity contribution in [2.75, 3.05) is 21.4 Å². The van der Waals surface area contributed by atoms with Crippen molar-refractivity contribution in [3.05, 3.63) is 280 Å². The first-order valence-corrected chi connectivity index (χ1v) is 32.0. The molecule has 1 atom stereocenters. The number of hydrogen-bond donors (Lipinski definition) is 3. The summed E-state index contributed by atoms with van der Waals surface area (Å²) >= 11 is 0. The topological polar surface area (TPSA) is 211 Å². The predicted octanol–water partition coefficient (Wildman–Crippen LogP) is 21.1. The number of rotatable bonds is 7. The standard InChI is InChI=1S/C21H20N2O.C21H19N2O.3C13H12N.CHF3O3S.CH3F.2CH4O.2Ir/c2*1-12(2)18-11-22-19(10-13(18)3)17-7-5-6-15-16-9-8-14(4)23-21(16)24-20(15)17;3*1-10-8-13(14-9-11(10)2)12-6-4-3-5-7-12;2-1(3,4)8(5,6)7;3*1-2;;/h5-12H,1-4H3;5-6,8-12H,1-4H3;3*3-6,8-9H,1-2H3;(H,5,6,7);1H3;2*2H,1H3;;/q;4*-1;;;;;;/i1D3,2D3,4D3,12D;1D3,3D3,4D3,12D;2*2D3;;;1D;;;;. The van der Waals surface area contributed by atoms with Gasteiger partial charge in [0, 0.05) is 154 Å². The third-order valence-corrected chi connectivity index (χ3v) is 15.3. The summed E-state index contributed by atoms with van der Waals surface area (Å²) in [4.78, 5) is 29.5. The normalized spacial score (nSPS) is 15.9. The van der Waals surface area contributed by atoms with E-state index in [2.05, 4.69) is 79.1 Å². The molecule has 14 rings (SSSR count). The fraction of sp³-hybridized carbons (Fsp3) is 0.235. The summed E-state index contributed by atoms with van der Waals surface area (Å²) in [5.74, 6) is -5.05. The minimum atomic E-state index is -5.84. The molecule has 0 bridgehead atoms. The first-order valence-electron chi connectivity index (χ1n) is 44.3. The average Bonchev–Trinajstić information content (AvgIpc) is 1.29. The number of benzene rings is 5. The van der Waals surface area contributed by atoms with Crippen molar-refractivity contribution in [3.8, 4) is 56.3 Å². The Hall–Kier alpha value is -9.40. The third-order valence-electron chi connectivity index (χ3n) is 14.7. The second-order valence-corrected chi connectivity index (χ2v) is 23.2. The minimum Gasteiger partial charge on any atom is -0.486 e. The van der Waals surface area contributed by atoms with Crippen LogP contribution >= 0.6 is 0 Å². The Morgan fingerprint density at radius 1 is 0.453 bits per heavy atom. The Kier molecular flexibility index (Phi) is 21.9. The van der Waals surface area contributed by atoms with Gasteiger partial charge >= 0.3 is 15.6 Å². The number of alkyl halides is 4. The van der Waals surface area contributed by atoms with Crippen molar-refractivity contribution in [1.29, 1.82) is 0 Å². The van der Waals surface area contributed by atoms with E-state index in [9.17, 15) is 17.6 Å².